The highest BCUT2D eigenvalue weighted by atomic mass is 16.5. The lowest BCUT2D eigenvalue weighted by molar-refractivity contribution is 0.0820. The lowest BCUT2D eigenvalue weighted by Crippen LogP contribution is -2.31. The molecule has 0 saturated heterocycles. The summed E-state index contributed by atoms with van der Waals surface area (Å²) in [7, 11) is 8.93. The second-order valence-corrected chi connectivity index (χ2v) is 8.18. The third kappa shape index (κ3) is 5.49. The van der Waals surface area contributed by atoms with E-state index in [1.54, 1.807) is 45.2 Å². The average molecular weight is 447 g/mol. The fraction of sp³-hybridized carbons (Fsp3) is 0.269. The zero-order valence-corrected chi connectivity index (χ0v) is 20.0. The molecule has 3 aromatic rings. The molecule has 0 saturated carbocycles. The highest BCUT2D eigenvalue weighted by Gasteiger charge is 2.22. The van der Waals surface area contributed by atoms with Crippen LogP contribution in [0.15, 0.2) is 60.7 Å². The molecule has 33 heavy (non-hydrogen) atoms. The normalized spacial score (nSPS) is 10.5. The number of carbonyl (C=O) groups excluding carboxylic acids is 2. The Morgan fingerprint density at radius 2 is 1.42 bits per heavy atom. The van der Waals surface area contributed by atoms with Crippen LogP contribution in [0.4, 0.5) is 11.4 Å². The number of hydrogen-bond donors (Lipinski definition) is 0. The first-order valence-electron chi connectivity index (χ1n) is 10.6. The Morgan fingerprint density at radius 1 is 0.818 bits per heavy atom. The highest BCUT2D eigenvalue weighted by molar-refractivity contribution is 6.07. The van der Waals surface area contributed by atoms with Gasteiger partial charge in [-0.25, -0.2) is 4.98 Å². The van der Waals surface area contributed by atoms with Gasteiger partial charge in [0.25, 0.3) is 11.8 Å². The molecule has 0 radical (unpaired) electrons. The van der Waals surface area contributed by atoms with E-state index in [4.69, 9.17) is 4.74 Å². The molecule has 172 valence electrons. The average Bonchev–Trinajstić information content (AvgIpc) is 2.82. The van der Waals surface area contributed by atoms with Crippen LogP contribution in [-0.4, -0.2) is 57.0 Å². The van der Waals surface area contributed by atoms with Gasteiger partial charge in [0, 0.05) is 39.6 Å². The summed E-state index contributed by atoms with van der Waals surface area (Å²) < 4.78 is 5.27. The number of ether oxygens (including phenoxy) is 1. The summed E-state index contributed by atoms with van der Waals surface area (Å²) in [6.07, 6.45) is 0. The van der Waals surface area contributed by atoms with Gasteiger partial charge in [0.15, 0.2) is 0 Å². The number of aromatic nitrogens is 1. The summed E-state index contributed by atoms with van der Waals surface area (Å²) in [6, 6.07) is 18.7. The van der Waals surface area contributed by atoms with Gasteiger partial charge in [0.05, 0.1) is 24.9 Å². The number of nitrogens with zero attached hydrogens (tertiary/aromatic N) is 4. The standard InChI is InChI=1S/C26H30N4O3/c1-18-23(15-16-24(27-18)26(32)29(4)5)25(31)30(21-11-13-22(33-6)14-12-21)17-19-7-9-20(10-8-19)28(2)3/h7-16H,17H2,1-6H3. The predicted octanol–water partition coefficient (Wildman–Crippen LogP) is 4.01. The maximum Gasteiger partial charge on any atom is 0.271 e. The summed E-state index contributed by atoms with van der Waals surface area (Å²) in [4.78, 5) is 35.5. The minimum absolute atomic E-state index is 0.189. The van der Waals surface area contributed by atoms with E-state index in [-0.39, 0.29) is 11.8 Å². The van der Waals surface area contributed by atoms with Gasteiger partial charge in [0.1, 0.15) is 11.4 Å². The molecule has 0 aliphatic carbocycles. The van der Waals surface area contributed by atoms with Crippen molar-refractivity contribution < 1.29 is 14.3 Å². The molecule has 7 nitrogen and oxygen atoms in total. The topological polar surface area (TPSA) is 66.0 Å². The second kappa shape index (κ2) is 10.2. The summed E-state index contributed by atoms with van der Waals surface area (Å²) in [5, 5.41) is 0. The fourth-order valence-electron chi connectivity index (χ4n) is 3.41. The van der Waals surface area contributed by atoms with E-state index in [0.717, 1.165) is 16.9 Å². The molecule has 0 N–H and O–H groups in total. The molecule has 0 spiro atoms. The Labute approximate surface area is 195 Å². The number of aryl methyl sites for hydroxylation is 1. The van der Waals surface area contributed by atoms with E-state index in [1.807, 2.05) is 67.5 Å². The predicted molar refractivity (Wildman–Crippen MR) is 131 cm³/mol. The molecule has 0 aliphatic rings. The van der Waals surface area contributed by atoms with Crippen molar-refractivity contribution >= 4 is 23.2 Å². The quantitative estimate of drug-likeness (QED) is 0.549. The highest BCUT2D eigenvalue weighted by Crippen LogP contribution is 2.25. The minimum atomic E-state index is -0.204. The molecule has 2 amide bonds. The van der Waals surface area contributed by atoms with Gasteiger partial charge >= 0.3 is 0 Å². The van der Waals surface area contributed by atoms with Crippen LogP contribution in [-0.2, 0) is 6.54 Å². The molecule has 0 aliphatic heterocycles. The molecule has 3 rings (SSSR count). The van der Waals surface area contributed by atoms with E-state index in [1.165, 1.54) is 4.90 Å². The van der Waals surface area contributed by atoms with Crippen molar-refractivity contribution in [3.8, 4) is 5.75 Å². The van der Waals surface area contributed by atoms with E-state index in [0.29, 0.717) is 29.2 Å². The maximum atomic E-state index is 13.7. The summed E-state index contributed by atoms with van der Waals surface area (Å²) >= 11 is 0. The largest absolute Gasteiger partial charge is 0.497 e. The van der Waals surface area contributed by atoms with Crippen LogP contribution in [0.5, 0.6) is 5.75 Å². The maximum absolute atomic E-state index is 13.7. The molecule has 1 heterocycles. The Balaban J connectivity index is 1.97. The zero-order chi connectivity index (χ0) is 24.1. The van der Waals surface area contributed by atoms with Crippen LogP contribution in [0, 0.1) is 6.92 Å². The van der Waals surface area contributed by atoms with Gasteiger partial charge in [-0.2, -0.15) is 0 Å². The molecule has 2 aromatic carbocycles. The van der Waals surface area contributed by atoms with Crippen molar-refractivity contribution in [1.82, 2.24) is 9.88 Å². The summed E-state index contributed by atoms with van der Waals surface area (Å²) in [5.41, 5.74) is 4.09. The summed E-state index contributed by atoms with van der Waals surface area (Å²) in [6.45, 7) is 2.13. The van der Waals surface area contributed by atoms with Crippen LogP contribution in [0.25, 0.3) is 0 Å². The van der Waals surface area contributed by atoms with Crippen molar-refractivity contribution in [1.29, 1.82) is 0 Å². The Bertz CT molecular complexity index is 1120. The Morgan fingerprint density at radius 3 is 1.94 bits per heavy atom. The number of amides is 2. The number of anilines is 2. The lowest BCUT2D eigenvalue weighted by Gasteiger charge is -2.24. The number of carbonyl (C=O) groups is 2. The first-order chi connectivity index (χ1) is 15.7. The van der Waals surface area contributed by atoms with Crippen LogP contribution in [0.3, 0.4) is 0 Å². The number of rotatable bonds is 7. The van der Waals surface area contributed by atoms with E-state index in [2.05, 4.69) is 4.98 Å². The van der Waals surface area contributed by atoms with Crippen LogP contribution in [0.2, 0.25) is 0 Å². The number of benzene rings is 2. The summed E-state index contributed by atoms with van der Waals surface area (Å²) in [5.74, 6) is 0.321. The molecule has 1 aromatic heterocycles. The SMILES string of the molecule is COc1ccc(N(Cc2ccc(N(C)C)cc2)C(=O)c2ccc(C(=O)N(C)C)nc2C)cc1. The molecular formula is C26H30N4O3. The first kappa shape index (κ1) is 23.8. The van der Waals surface area contributed by atoms with Crippen LogP contribution in [0.1, 0.15) is 32.1 Å². The molecule has 0 atom stereocenters. The van der Waals surface area contributed by atoms with Gasteiger partial charge in [-0.15, -0.1) is 0 Å². The molecule has 0 unspecified atom stereocenters. The van der Waals surface area contributed by atoms with Crippen molar-refractivity contribution in [3.63, 3.8) is 0 Å². The van der Waals surface area contributed by atoms with Gasteiger partial charge in [0.2, 0.25) is 0 Å². The van der Waals surface area contributed by atoms with Crippen molar-refractivity contribution in [3.05, 3.63) is 83.2 Å². The molecule has 0 bridgehead atoms. The monoisotopic (exact) mass is 446 g/mol. The fourth-order valence-corrected chi connectivity index (χ4v) is 3.41. The van der Waals surface area contributed by atoms with Gasteiger partial charge < -0.3 is 19.4 Å². The number of pyridine rings is 1. The van der Waals surface area contributed by atoms with Crippen molar-refractivity contribution in [2.45, 2.75) is 13.5 Å². The van der Waals surface area contributed by atoms with E-state index in [9.17, 15) is 9.59 Å². The lowest BCUT2D eigenvalue weighted by atomic mass is 10.1. The van der Waals surface area contributed by atoms with Crippen LogP contribution >= 0.6 is 0 Å². The molecular weight excluding hydrogens is 416 g/mol. The molecule has 0 fully saturated rings. The Kier molecular flexibility index (Phi) is 7.33. The zero-order valence-electron chi connectivity index (χ0n) is 20.0. The third-order valence-electron chi connectivity index (χ3n) is 5.36. The van der Waals surface area contributed by atoms with E-state index < -0.39 is 0 Å². The second-order valence-electron chi connectivity index (χ2n) is 8.18. The molecule has 7 heteroatoms. The van der Waals surface area contributed by atoms with Crippen molar-refractivity contribution in [2.24, 2.45) is 0 Å². The van der Waals surface area contributed by atoms with Crippen molar-refractivity contribution in [2.75, 3.05) is 45.1 Å². The van der Waals surface area contributed by atoms with Gasteiger partial charge in [-0.1, -0.05) is 12.1 Å². The number of hydrogen-bond acceptors (Lipinski definition) is 5. The smallest absolute Gasteiger partial charge is 0.271 e. The minimum Gasteiger partial charge on any atom is -0.497 e. The first-order valence-corrected chi connectivity index (χ1v) is 10.6. The Hall–Kier alpha value is -3.87. The van der Waals surface area contributed by atoms with Gasteiger partial charge in [-0.3, -0.25) is 9.59 Å². The third-order valence-corrected chi connectivity index (χ3v) is 5.36. The number of methoxy groups -OCH3 is 1. The van der Waals surface area contributed by atoms with Gasteiger partial charge in [-0.05, 0) is 61.0 Å². The van der Waals surface area contributed by atoms with Crippen LogP contribution < -0.4 is 14.5 Å². The van der Waals surface area contributed by atoms with E-state index >= 15 is 0 Å².